The number of benzene rings is 2. The van der Waals surface area contributed by atoms with Crippen LogP contribution in [-0.4, -0.2) is 25.3 Å². The van der Waals surface area contributed by atoms with Crippen molar-refractivity contribution in [2.24, 2.45) is 0 Å². The van der Waals surface area contributed by atoms with Gasteiger partial charge in [0.2, 0.25) is 5.75 Å². The van der Waals surface area contributed by atoms with Crippen molar-refractivity contribution < 1.29 is 29.6 Å². The maximum Gasteiger partial charge on any atom is 0.338 e. The largest absolute Gasteiger partial charge is 0.502 e. The number of carbonyl (C=O) groups excluding carboxylic acids is 1. The van der Waals surface area contributed by atoms with Crippen LogP contribution in [0.3, 0.4) is 0 Å². The summed E-state index contributed by atoms with van der Waals surface area (Å²) in [5.41, 5.74) is -0.481. The lowest BCUT2D eigenvalue weighted by Gasteiger charge is -2.11. The molecular weight excluding hydrogens is 272 g/mol. The molecule has 2 rings (SSSR count). The zero-order valence-electron chi connectivity index (χ0n) is 15.5. The molecular formula is C16H16O5. The predicted molar refractivity (Wildman–Crippen MR) is 76.8 cm³/mol. The summed E-state index contributed by atoms with van der Waals surface area (Å²) in [5.74, 6) is -2.34. The lowest BCUT2D eigenvalue weighted by atomic mass is 10.2. The highest BCUT2D eigenvalue weighted by Gasteiger charge is 2.13. The first kappa shape index (κ1) is 10.1. The minimum Gasteiger partial charge on any atom is -0.502 e. The van der Waals surface area contributed by atoms with Gasteiger partial charge in [0, 0.05) is 0 Å². The molecule has 0 aromatic heterocycles. The zero-order valence-corrected chi connectivity index (χ0v) is 11.5. The molecule has 0 heterocycles. The zero-order chi connectivity index (χ0) is 18.8. The van der Waals surface area contributed by atoms with E-state index in [1.165, 1.54) is 26.4 Å². The normalized spacial score (nSPS) is 13.4. The first-order chi connectivity index (χ1) is 11.7. The van der Waals surface area contributed by atoms with Crippen molar-refractivity contribution in [2.75, 3.05) is 14.2 Å². The van der Waals surface area contributed by atoms with E-state index in [1.54, 1.807) is 18.2 Å². The molecule has 2 aromatic carbocycles. The van der Waals surface area contributed by atoms with Gasteiger partial charge in [-0.05, 0) is 29.8 Å². The average molecular weight is 292 g/mol. The van der Waals surface area contributed by atoms with E-state index in [1.807, 2.05) is 0 Å². The second kappa shape index (κ2) is 6.65. The molecule has 0 fully saturated rings. The summed E-state index contributed by atoms with van der Waals surface area (Å²) in [5, 5.41) is 9.98. The van der Waals surface area contributed by atoms with Crippen molar-refractivity contribution in [1.29, 1.82) is 0 Å². The second-order valence-electron chi connectivity index (χ2n) is 3.90. The number of hydrogen-bond acceptors (Lipinski definition) is 5. The van der Waals surface area contributed by atoms with E-state index in [-0.39, 0.29) is 17.1 Å². The summed E-state index contributed by atoms with van der Waals surface area (Å²) in [7, 11) is 2.34. The third-order valence-corrected chi connectivity index (χ3v) is 2.57. The van der Waals surface area contributed by atoms with E-state index in [9.17, 15) is 9.90 Å². The van der Waals surface area contributed by atoms with Gasteiger partial charge in [-0.3, -0.25) is 0 Å². The van der Waals surface area contributed by atoms with Gasteiger partial charge in [0.15, 0.2) is 11.5 Å². The molecule has 2 aromatic rings. The van der Waals surface area contributed by atoms with E-state index in [4.69, 9.17) is 19.7 Å². The smallest absolute Gasteiger partial charge is 0.338 e. The molecule has 110 valence electrons. The number of hydrogen-bond donors (Lipinski definition) is 1. The average Bonchev–Trinajstić information content (AvgIpc) is 2.55. The van der Waals surface area contributed by atoms with Gasteiger partial charge >= 0.3 is 5.97 Å². The molecule has 0 aliphatic heterocycles. The number of esters is 1. The number of phenolic OH excluding ortho intramolecular Hbond substituents is 1. The third-order valence-electron chi connectivity index (χ3n) is 2.57. The Morgan fingerprint density at radius 3 is 2.29 bits per heavy atom. The number of methoxy groups -OCH3 is 2. The Morgan fingerprint density at radius 2 is 1.76 bits per heavy atom. The Hall–Kier alpha value is -2.69. The van der Waals surface area contributed by atoms with Gasteiger partial charge in [-0.2, -0.15) is 0 Å². The molecule has 0 saturated carbocycles. The molecule has 0 unspecified atom stereocenters. The summed E-state index contributed by atoms with van der Waals surface area (Å²) < 4.78 is 46.7. The molecule has 5 nitrogen and oxygen atoms in total. The molecule has 0 saturated heterocycles. The van der Waals surface area contributed by atoms with E-state index in [0.29, 0.717) is 0 Å². The fourth-order valence-electron chi connectivity index (χ4n) is 1.56. The van der Waals surface area contributed by atoms with Crippen LogP contribution in [-0.2, 0) is 11.3 Å². The Balaban J connectivity index is 2.53. The molecule has 0 spiro atoms. The molecule has 0 atom stereocenters. The van der Waals surface area contributed by atoms with Crippen molar-refractivity contribution in [3.63, 3.8) is 0 Å². The quantitative estimate of drug-likeness (QED) is 0.858. The topological polar surface area (TPSA) is 65.0 Å². The van der Waals surface area contributed by atoms with Gasteiger partial charge in [0.25, 0.3) is 0 Å². The van der Waals surface area contributed by atoms with Crippen molar-refractivity contribution in [3.05, 3.63) is 53.5 Å². The minimum absolute atomic E-state index is 0.113. The molecule has 0 radical (unpaired) electrons. The van der Waals surface area contributed by atoms with Gasteiger partial charge in [-0.15, -0.1) is 0 Å². The van der Waals surface area contributed by atoms with Crippen molar-refractivity contribution in [3.8, 4) is 17.2 Å². The fraction of sp³-hybridized carbons (Fsp3) is 0.188. The van der Waals surface area contributed by atoms with Crippen LogP contribution in [0.15, 0.2) is 42.4 Å². The van der Waals surface area contributed by atoms with Gasteiger partial charge in [-0.25, -0.2) is 4.79 Å². The second-order valence-corrected chi connectivity index (χ2v) is 3.90. The SMILES string of the molecule is [2H]c1c(OC)c(O)c(OC)c([2H])c1C([2H])([2H])OC(=O)c1ccccc1. The summed E-state index contributed by atoms with van der Waals surface area (Å²) >= 11 is 0. The molecule has 0 aliphatic rings. The maximum absolute atomic E-state index is 12.1. The number of aromatic hydroxyl groups is 1. The van der Waals surface area contributed by atoms with Gasteiger partial charge < -0.3 is 19.3 Å². The van der Waals surface area contributed by atoms with Crippen LogP contribution in [0.1, 0.15) is 21.4 Å². The monoisotopic (exact) mass is 292 g/mol. The van der Waals surface area contributed by atoms with Crippen LogP contribution in [0, 0.1) is 0 Å². The van der Waals surface area contributed by atoms with E-state index >= 15 is 0 Å². The van der Waals surface area contributed by atoms with Crippen LogP contribution in [0.4, 0.5) is 0 Å². The highest BCUT2D eigenvalue weighted by atomic mass is 16.5. The van der Waals surface area contributed by atoms with Gasteiger partial charge in [-0.1, -0.05) is 18.2 Å². The summed E-state index contributed by atoms with van der Waals surface area (Å²) in [6.45, 7) is -2.82. The number of rotatable bonds is 5. The lowest BCUT2D eigenvalue weighted by molar-refractivity contribution is 0.0472. The van der Waals surface area contributed by atoms with Crippen LogP contribution in [0.5, 0.6) is 17.2 Å². The Kier molecular flexibility index (Phi) is 3.20. The third kappa shape index (κ3) is 3.45. The van der Waals surface area contributed by atoms with Gasteiger partial charge in [0.1, 0.15) is 6.56 Å². The molecule has 0 bridgehead atoms. The minimum atomic E-state index is -2.82. The van der Waals surface area contributed by atoms with Crippen LogP contribution >= 0.6 is 0 Å². The molecule has 0 amide bonds. The first-order valence-electron chi connectivity index (χ1n) is 7.97. The van der Waals surface area contributed by atoms with E-state index in [2.05, 4.69) is 0 Å². The fourth-order valence-corrected chi connectivity index (χ4v) is 1.56. The van der Waals surface area contributed by atoms with Crippen LogP contribution in [0.2, 0.25) is 0 Å². The van der Waals surface area contributed by atoms with Gasteiger partial charge in [0.05, 0.1) is 25.3 Å². The molecule has 21 heavy (non-hydrogen) atoms. The Labute approximate surface area is 128 Å². The number of ether oxygens (including phenoxy) is 3. The Morgan fingerprint density at radius 1 is 1.19 bits per heavy atom. The number of phenols is 1. The Bertz CT molecular complexity index is 762. The highest BCUT2D eigenvalue weighted by Crippen LogP contribution is 2.37. The summed E-state index contributed by atoms with van der Waals surface area (Å²) in [6.07, 6.45) is 0. The van der Waals surface area contributed by atoms with E-state index in [0.717, 1.165) is 0 Å². The van der Waals surface area contributed by atoms with Crippen molar-refractivity contribution >= 4 is 5.97 Å². The molecule has 1 N–H and O–H groups in total. The highest BCUT2D eigenvalue weighted by molar-refractivity contribution is 5.89. The van der Waals surface area contributed by atoms with E-state index < -0.39 is 35.9 Å². The van der Waals surface area contributed by atoms with Crippen molar-refractivity contribution in [1.82, 2.24) is 0 Å². The first-order valence-corrected chi connectivity index (χ1v) is 5.97. The standard InChI is InChI=1S/C16H16O5/c1-19-13-8-11(9-14(20-2)15(13)17)10-21-16(18)12-6-4-3-5-7-12/h3-9,17H,10H2,1-2H3/i8D,9D,10D2. The number of carbonyl (C=O) groups is 1. The lowest BCUT2D eigenvalue weighted by Crippen LogP contribution is -2.05. The van der Waals surface area contributed by atoms with Crippen LogP contribution in [0.25, 0.3) is 0 Å². The predicted octanol–water partition coefficient (Wildman–Crippen LogP) is 2.77. The molecule has 5 heteroatoms. The maximum atomic E-state index is 12.1. The molecule has 0 aliphatic carbocycles. The summed E-state index contributed by atoms with van der Waals surface area (Å²) in [4.78, 5) is 12.1. The van der Waals surface area contributed by atoms with Crippen LogP contribution < -0.4 is 9.47 Å². The summed E-state index contributed by atoms with van der Waals surface area (Å²) in [6, 6.07) is 6.52. The van der Waals surface area contributed by atoms with Crippen molar-refractivity contribution in [2.45, 2.75) is 6.56 Å².